The van der Waals surface area contributed by atoms with Crippen LogP contribution in [0.3, 0.4) is 0 Å². The Bertz CT molecular complexity index is 1030. The summed E-state index contributed by atoms with van der Waals surface area (Å²) in [5.74, 6) is 1.42. The highest BCUT2D eigenvalue weighted by Gasteiger charge is 2.26. The lowest BCUT2D eigenvalue weighted by atomic mass is 9.85. The fraction of sp³-hybridized carbons (Fsp3) is 0.429. The second-order valence-electron chi connectivity index (χ2n) is 7.57. The molecule has 9 heteroatoms. The van der Waals surface area contributed by atoms with E-state index in [4.69, 9.17) is 4.42 Å². The summed E-state index contributed by atoms with van der Waals surface area (Å²) in [5.41, 5.74) is 1.50. The van der Waals surface area contributed by atoms with Crippen molar-refractivity contribution in [2.45, 2.75) is 45.1 Å². The van der Waals surface area contributed by atoms with Crippen LogP contribution in [0.1, 0.15) is 31.6 Å². The van der Waals surface area contributed by atoms with Gasteiger partial charge in [-0.15, -0.1) is 0 Å². The Labute approximate surface area is 172 Å². The van der Waals surface area contributed by atoms with Crippen LogP contribution in [0.2, 0.25) is 0 Å². The minimum Gasteiger partial charge on any atom is -0.441 e. The van der Waals surface area contributed by atoms with Gasteiger partial charge in [0.2, 0.25) is 5.91 Å². The SMILES string of the molecule is Cc1ncc(-c2cnc3cnc(NC(=O)[C@H]4CC[C@H](NCC(F)F)CC4)cc3c2)o1. The third-order valence-corrected chi connectivity index (χ3v) is 5.38. The van der Waals surface area contributed by atoms with Crippen molar-refractivity contribution in [1.29, 1.82) is 0 Å². The van der Waals surface area contributed by atoms with Crippen molar-refractivity contribution in [3.8, 4) is 11.3 Å². The zero-order valence-corrected chi connectivity index (χ0v) is 16.6. The molecule has 158 valence electrons. The minimum atomic E-state index is -2.35. The molecule has 1 saturated carbocycles. The number of aromatic nitrogens is 3. The van der Waals surface area contributed by atoms with E-state index in [9.17, 15) is 13.6 Å². The Balaban J connectivity index is 1.40. The minimum absolute atomic E-state index is 0.0473. The number of nitrogens with zero attached hydrogens (tertiary/aromatic N) is 3. The number of anilines is 1. The van der Waals surface area contributed by atoms with Crippen LogP contribution in [0.5, 0.6) is 0 Å². The molecule has 0 aliphatic heterocycles. The molecule has 0 radical (unpaired) electrons. The van der Waals surface area contributed by atoms with Crippen LogP contribution >= 0.6 is 0 Å². The van der Waals surface area contributed by atoms with Crippen molar-refractivity contribution in [1.82, 2.24) is 20.3 Å². The van der Waals surface area contributed by atoms with Crippen molar-refractivity contribution in [3.05, 3.63) is 36.6 Å². The Kier molecular flexibility index (Phi) is 5.98. The molecule has 4 rings (SSSR count). The maximum absolute atomic E-state index is 12.6. The van der Waals surface area contributed by atoms with Crippen molar-refractivity contribution < 1.29 is 18.0 Å². The van der Waals surface area contributed by atoms with Crippen LogP contribution in [-0.2, 0) is 4.79 Å². The smallest absolute Gasteiger partial charge is 0.250 e. The van der Waals surface area contributed by atoms with E-state index in [2.05, 4.69) is 25.6 Å². The van der Waals surface area contributed by atoms with Gasteiger partial charge in [-0.1, -0.05) is 0 Å². The molecule has 3 aromatic rings. The third kappa shape index (κ3) is 4.79. The number of hydrogen-bond donors (Lipinski definition) is 2. The van der Waals surface area contributed by atoms with Crippen LogP contribution in [0.4, 0.5) is 14.6 Å². The topological polar surface area (TPSA) is 92.9 Å². The summed E-state index contributed by atoms with van der Waals surface area (Å²) in [7, 11) is 0. The number of amides is 1. The average molecular weight is 415 g/mol. The summed E-state index contributed by atoms with van der Waals surface area (Å²) in [6, 6.07) is 3.74. The van der Waals surface area contributed by atoms with E-state index < -0.39 is 6.43 Å². The van der Waals surface area contributed by atoms with Gasteiger partial charge in [-0.2, -0.15) is 0 Å². The lowest BCUT2D eigenvalue weighted by Gasteiger charge is -2.28. The van der Waals surface area contributed by atoms with Crippen molar-refractivity contribution >= 4 is 22.6 Å². The molecule has 0 bridgehead atoms. The Morgan fingerprint density at radius 1 is 1.13 bits per heavy atom. The predicted molar refractivity (Wildman–Crippen MR) is 108 cm³/mol. The quantitative estimate of drug-likeness (QED) is 0.633. The number of alkyl halides is 2. The largest absolute Gasteiger partial charge is 0.441 e. The van der Waals surface area contributed by atoms with Crippen LogP contribution in [-0.4, -0.2) is 39.9 Å². The van der Waals surface area contributed by atoms with E-state index >= 15 is 0 Å². The van der Waals surface area contributed by atoms with Crippen LogP contribution < -0.4 is 10.6 Å². The van der Waals surface area contributed by atoms with Crippen molar-refractivity contribution in [2.75, 3.05) is 11.9 Å². The molecular formula is C21H23F2N5O2. The predicted octanol–water partition coefficient (Wildman–Crippen LogP) is 3.95. The van der Waals surface area contributed by atoms with Crippen LogP contribution in [0.15, 0.2) is 35.1 Å². The fourth-order valence-electron chi connectivity index (χ4n) is 3.77. The van der Waals surface area contributed by atoms with Gasteiger partial charge in [0.1, 0.15) is 5.82 Å². The number of hydrogen-bond acceptors (Lipinski definition) is 6. The molecule has 0 spiro atoms. The molecule has 1 aliphatic carbocycles. The molecule has 0 aromatic carbocycles. The second kappa shape index (κ2) is 8.83. The number of oxazole rings is 1. The number of aryl methyl sites for hydroxylation is 1. The fourth-order valence-corrected chi connectivity index (χ4v) is 3.77. The maximum Gasteiger partial charge on any atom is 0.250 e. The normalized spacial score (nSPS) is 19.3. The molecule has 30 heavy (non-hydrogen) atoms. The summed E-state index contributed by atoms with van der Waals surface area (Å²) >= 11 is 0. The average Bonchev–Trinajstić information content (AvgIpc) is 3.18. The first-order valence-electron chi connectivity index (χ1n) is 9.99. The molecule has 3 heterocycles. The molecule has 1 amide bonds. The first-order chi connectivity index (χ1) is 14.5. The highest BCUT2D eigenvalue weighted by atomic mass is 19.3. The second-order valence-corrected chi connectivity index (χ2v) is 7.57. The van der Waals surface area contributed by atoms with Gasteiger partial charge < -0.3 is 15.1 Å². The molecule has 0 atom stereocenters. The number of carbonyl (C=O) groups excluding carboxylic acids is 1. The number of nitrogens with one attached hydrogen (secondary N) is 2. The van der Waals surface area contributed by atoms with Gasteiger partial charge in [-0.25, -0.2) is 18.7 Å². The van der Waals surface area contributed by atoms with E-state index in [1.54, 1.807) is 31.6 Å². The first kappa shape index (κ1) is 20.3. The highest BCUT2D eigenvalue weighted by Crippen LogP contribution is 2.27. The standard InChI is InChI=1S/C21H23F2N5O2/c1-12-24-10-18(30-12)15-6-14-7-20(27-9-17(14)26-8-15)28-21(29)13-2-4-16(5-3-13)25-11-19(22)23/h6-10,13,16,19,25H,2-5,11H2,1H3,(H,27,28,29)/t13-,16-. The third-order valence-electron chi connectivity index (χ3n) is 5.38. The lowest BCUT2D eigenvalue weighted by molar-refractivity contribution is -0.120. The number of halogens is 2. The molecule has 7 nitrogen and oxygen atoms in total. The van der Waals surface area contributed by atoms with Gasteiger partial charge in [0, 0.05) is 36.0 Å². The van der Waals surface area contributed by atoms with Gasteiger partial charge in [0.05, 0.1) is 24.5 Å². The molecule has 1 aliphatic rings. The number of pyridine rings is 2. The van der Waals surface area contributed by atoms with Gasteiger partial charge in [-0.05, 0) is 37.8 Å². The summed E-state index contributed by atoms with van der Waals surface area (Å²) < 4.78 is 30.2. The van der Waals surface area contributed by atoms with Gasteiger partial charge >= 0.3 is 0 Å². The highest BCUT2D eigenvalue weighted by molar-refractivity contribution is 5.94. The zero-order valence-electron chi connectivity index (χ0n) is 16.6. The lowest BCUT2D eigenvalue weighted by Crippen LogP contribution is -2.38. The maximum atomic E-state index is 12.6. The molecule has 0 saturated heterocycles. The molecule has 2 N–H and O–H groups in total. The Morgan fingerprint density at radius 3 is 2.63 bits per heavy atom. The monoisotopic (exact) mass is 415 g/mol. The van der Waals surface area contributed by atoms with Gasteiger partial charge in [-0.3, -0.25) is 9.78 Å². The van der Waals surface area contributed by atoms with E-state index in [0.29, 0.717) is 48.7 Å². The molecule has 3 aromatic heterocycles. The summed E-state index contributed by atoms with van der Waals surface area (Å²) in [6.45, 7) is 1.48. The molecule has 0 unspecified atom stereocenters. The summed E-state index contributed by atoms with van der Waals surface area (Å²) in [5, 5.41) is 6.56. The zero-order chi connectivity index (χ0) is 21.1. The number of carbonyl (C=O) groups is 1. The first-order valence-corrected chi connectivity index (χ1v) is 9.99. The van der Waals surface area contributed by atoms with Gasteiger partial charge in [0.15, 0.2) is 11.7 Å². The number of rotatable bonds is 6. The van der Waals surface area contributed by atoms with E-state index in [-0.39, 0.29) is 24.4 Å². The van der Waals surface area contributed by atoms with Crippen LogP contribution in [0, 0.1) is 12.8 Å². The number of fused-ring (bicyclic) bond motifs is 1. The van der Waals surface area contributed by atoms with Crippen molar-refractivity contribution in [2.24, 2.45) is 5.92 Å². The van der Waals surface area contributed by atoms with Gasteiger partial charge in [0.25, 0.3) is 6.43 Å². The van der Waals surface area contributed by atoms with E-state index in [1.807, 2.05) is 6.07 Å². The van der Waals surface area contributed by atoms with E-state index in [1.165, 1.54) is 0 Å². The van der Waals surface area contributed by atoms with E-state index in [0.717, 1.165) is 10.9 Å². The molecule has 1 fully saturated rings. The Hall–Kier alpha value is -2.94. The Morgan fingerprint density at radius 2 is 1.93 bits per heavy atom. The van der Waals surface area contributed by atoms with Crippen molar-refractivity contribution in [3.63, 3.8) is 0 Å². The molecular weight excluding hydrogens is 392 g/mol. The summed E-state index contributed by atoms with van der Waals surface area (Å²) in [4.78, 5) is 25.4. The van der Waals surface area contributed by atoms with Crippen LogP contribution in [0.25, 0.3) is 22.2 Å². The summed E-state index contributed by atoms with van der Waals surface area (Å²) in [6.07, 6.45) is 5.35.